The highest BCUT2D eigenvalue weighted by Crippen LogP contribution is 2.28. The molecule has 0 aromatic rings. The zero-order valence-corrected chi connectivity index (χ0v) is 10.3. The van der Waals surface area contributed by atoms with Gasteiger partial charge in [-0.2, -0.15) is 0 Å². The molecule has 2 heteroatoms. The van der Waals surface area contributed by atoms with Gasteiger partial charge in [-0.05, 0) is 44.3 Å². The molecule has 1 unspecified atom stereocenters. The van der Waals surface area contributed by atoms with E-state index in [0.29, 0.717) is 5.41 Å². The van der Waals surface area contributed by atoms with Gasteiger partial charge in [0.2, 0.25) is 0 Å². The maximum absolute atomic E-state index is 3.25. The van der Waals surface area contributed by atoms with Crippen LogP contribution in [0.5, 0.6) is 0 Å². The fraction of sp³-hybridized carbons (Fsp3) is 1.00. The van der Waals surface area contributed by atoms with Gasteiger partial charge in [0.1, 0.15) is 0 Å². The summed E-state index contributed by atoms with van der Waals surface area (Å²) >= 11 is 0. The van der Waals surface area contributed by atoms with Crippen LogP contribution in [-0.2, 0) is 0 Å². The second kappa shape index (κ2) is 5.13. The third-order valence-corrected chi connectivity index (χ3v) is 3.10. The maximum Gasteiger partial charge on any atom is 0.00328 e. The largest absolute Gasteiger partial charge is 0.319 e. The standard InChI is InChI=1S/C12H26N2/c1-11(8-13-4)9-14-7-5-6-12(2,3)10-14/h11,13H,5-10H2,1-4H3. The Balaban J connectivity index is 2.30. The molecule has 0 aromatic heterocycles. The second-order valence-electron chi connectivity index (χ2n) is 5.67. The molecule has 1 atom stereocenters. The van der Waals surface area contributed by atoms with E-state index in [1.165, 1.54) is 32.5 Å². The maximum atomic E-state index is 3.25. The molecule has 2 nitrogen and oxygen atoms in total. The SMILES string of the molecule is CNCC(C)CN1CCCC(C)(C)C1. The Bertz CT molecular complexity index is 166. The molecule has 0 bridgehead atoms. The van der Waals surface area contributed by atoms with Crippen LogP contribution in [0.3, 0.4) is 0 Å². The van der Waals surface area contributed by atoms with Gasteiger partial charge in [0, 0.05) is 13.1 Å². The number of likely N-dealkylation sites (tertiary alicyclic amines) is 1. The Morgan fingerprint density at radius 1 is 1.43 bits per heavy atom. The Kier molecular flexibility index (Phi) is 4.39. The minimum atomic E-state index is 0.539. The quantitative estimate of drug-likeness (QED) is 0.743. The van der Waals surface area contributed by atoms with Gasteiger partial charge in [-0.25, -0.2) is 0 Å². The van der Waals surface area contributed by atoms with Crippen molar-refractivity contribution in [2.75, 3.05) is 33.2 Å². The number of rotatable bonds is 4. The molecule has 14 heavy (non-hydrogen) atoms. The monoisotopic (exact) mass is 198 g/mol. The number of hydrogen-bond acceptors (Lipinski definition) is 2. The van der Waals surface area contributed by atoms with Crippen LogP contribution in [0, 0.1) is 11.3 Å². The summed E-state index contributed by atoms with van der Waals surface area (Å²) in [5, 5.41) is 3.25. The summed E-state index contributed by atoms with van der Waals surface area (Å²) in [5.41, 5.74) is 0.539. The van der Waals surface area contributed by atoms with Gasteiger partial charge in [-0.3, -0.25) is 0 Å². The zero-order valence-electron chi connectivity index (χ0n) is 10.3. The van der Waals surface area contributed by atoms with Crippen molar-refractivity contribution in [3.63, 3.8) is 0 Å². The molecule has 0 aliphatic carbocycles. The molecule has 0 spiro atoms. The van der Waals surface area contributed by atoms with Crippen LogP contribution < -0.4 is 5.32 Å². The van der Waals surface area contributed by atoms with Crippen molar-refractivity contribution in [2.24, 2.45) is 11.3 Å². The van der Waals surface area contributed by atoms with Crippen LogP contribution in [-0.4, -0.2) is 38.1 Å². The number of hydrogen-bond donors (Lipinski definition) is 1. The summed E-state index contributed by atoms with van der Waals surface area (Å²) < 4.78 is 0. The molecule has 0 amide bonds. The van der Waals surface area contributed by atoms with Crippen LogP contribution in [0.1, 0.15) is 33.6 Å². The summed E-state index contributed by atoms with van der Waals surface area (Å²) in [6, 6.07) is 0. The van der Waals surface area contributed by atoms with Gasteiger partial charge in [-0.15, -0.1) is 0 Å². The molecule has 1 aliphatic rings. The number of nitrogens with one attached hydrogen (secondary N) is 1. The van der Waals surface area contributed by atoms with E-state index < -0.39 is 0 Å². The first-order valence-electron chi connectivity index (χ1n) is 5.90. The van der Waals surface area contributed by atoms with E-state index in [4.69, 9.17) is 0 Å². The minimum Gasteiger partial charge on any atom is -0.319 e. The van der Waals surface area contributed by atoms with E-state index in [9.17, 15) is 0 Å². The van der Waals surface area contributed by atoms with Gasteiger partial charge in [-0.1, -0.05) is 20.8 Å². The molecular weight excluding hydrogens is 172 g/mol. The highest BCUT2D eigenvalue weighted by atomic mass is 15.1. The van der Waals surface area contributed by atoms with Crippen molar-refractivity contribution < 1.29 is 0 Å². The second-order valence-corrected chi connectivity index (χ2v) is 5.67. The normalized spacial score (nSPS) is 24.9. The minimum absolute atomic E-state index is 0.539. The lowest BCUT2D eigenvalue weighted by molar-refractivity contribution is 0.104. The smallest absolute Gasteiger partial charge is 0.00328 e. The molecule has 1 N–H and O–H groups in total. The van der Waals surface area contributed by atoms with Crippen LogP contribution in [0.2, 0.25) is 0 Å². The summed E-state index contributed by atoms with van der Waals surface area (Å²) in [6.07, 6.45) is 2.77. The third-order valence-electron chi connectivity index (χ3n) is 3.10. The molecule has 0 aromatic carbocycles. The Morgan fingerprint density at radius 2 is 2.14 bits per heavy atom. The molecule has 1 aliphatic heterocycles. The summed E-state index contributed by atoms with van der Waals surface area (Å²) in [4.78, 5) is 2.63. The average Bonchev–Trinajstić information content (AvgIpc) is 2.02. The van der Waals surface area contributed by atoms with Crippen LogP contribution >= 0.6 is 0 Å². The van der Waals surface area contributed by atoms with E-state index >= 15 is 0 Å². The summed E-state index contributed by atoms with van der Waals surface area (Å²) in [5.74, 6) is 0.772. The number of nitrogens with zero attached hydrogens (tertiary/aromatic N) is 1. The summed E-state index contributed by atoms with van der Waals surface area (Å²) in [6.45, 7) is 12.1. The highest BCUT2D eigenvalue weighted by Gasteiger charge is 2.26. The fourth-order valence-corrected chi connectivity index (χ4v) is 2.55. The van der Waals surface area contributed by atoms with E-state index in [1.807, 2.05) is 7.05 Å². The molecule has 0 saturated carbocycles. The predicted octanol–water partition coefficient (Wildman–Crippen LogP) is 1.96. The van der Waals surface area contributed by atoms with Crippen molar-refractivity contribution in [2.45, 2.75) is 33.6 Å². The van der Waals surface area contributed by atoms with E-state index in [1.54, 1.807) is 0 Å². The van der Waals surface area contributed by atoms with Crippen molar-refractivity contribution in [1.29, 1.82) is 0 Å². The lowest BCUT2D eigenvalue weighted by Gasteiger charge is -2.39. The summed E-state index contributed by atoms with van der Waals surface area (Å²) in [7, 11) is 2.04. The van der Waals surface area contributed by atoms with Crippen molar-refractivity contribution >= 4 is 0 Å². The molecular formula is C12H26N2. The zero-order chi connectivity index (χ0) is 10.6. The van der Waals surface area contributed by atoms with Crippen LogP contribution in [0.15, 0.2) is 0 Å². The highest BCUT2D eigenvalue weighted by molar-refractivity contribution is 4.80. The third kappa shape index (κ3) is 3.97. The van der Waals surface area contributed by atoms with E-state index in [-0.39, 0.29) is 0 Å². The van der Waals surface area contributed by atoms with E-state index in [0.717, 1.165) is 12.5 Å². The first-order chi connectivity index (χ1) is 6.53. The van der Waals surface area contributed by atoms with Crippen molar-refractivity contribution in [3.05, 3.63) is 0 Å². The van der Waals surface area contributed by atoms with Gasteiger partial charge in [0.05, 0.1) is 0 Å². The first kappa shape index (κ1) is 12.0. The molecule has 1 saturated heterocycles. The predicted molar refractivity (Wildman–Crippen MR) is 62.5 cm³/mol. The fourth-order valence-electron chi connectivity index (χ4n) is 2.55. The Labute approximate surface area is 89.1 Å². The number of piperidine rings is 1. The lowest BCUT2D eigenvalue weighted by atomic mass is 9.84. The van der Waals surface area contributed by atoms with Crippen LogP contribution in [0.4, 0.5) is 0 Å². The first-order valence-corrected chi connectivity index (χ1v) is 5.90. The molecule has 84 valence electrons. The Hall–Kier alpha value is -0.0800. The molecule has 1 rings (SSSR count). The average molecular weight is 198 g/mol. The van der Waals surface area contributed by atoms with Crippen molar-refractivity contribution in [1.82, 2.24) is 10.2 Å². The van der Waals surface area contributed by atoms with Crippen molar-refractivity contribution in [3.8, 4) is 0 Å². The van der Waals surface area contributed by atoms with Gasteiger partial charge < -0.3 is 10.2 Å². The van der Waals surface area contributed by atoms with Crippen LogP contribution in [0.25, 0.3) is 0 Å². The molecule has 0 radical (unpaired) electrons. The van der Waals surface area contributed by atoms with Gasteiger partial charge in [0.25, 0.3) is 0 Å². The molecule has 1 heterocycles. The van der Waals surface area contributed by atoms with Gasteiger partial charge >= 0.3 is 0 Å². The molecule has 1 fully saturated rings. The Morgan fingerprint density at radius 3 is 2.71 bits per heavy atom. The lowest BCUT2D eigenvalue weighted by Crippen LogP contribution is -2.43. The van der Waals surface area contributed by atoms with E-state index in [2.05, 4.69) is 31.0 Å². The topological polar surface area (TPSA) is 15.3 Å². The van der Waals surface area contributed by atoms with Gasteiger partial charge in [0.15, 0.2) is 0 Å².